The summed E-state index contributed by atoms with van der Waals surface area (Å²) in [7, 11) is 0. The molecule has 0 fully saturated rings. The smallest absolute Gasteiger partial charge is 0.343 e. The Balaban J connectivity index is 2.43. The highest BCUT2D eigenvalue weighted by atomic mass is 16.5. The predicted octanol–water partition coefficient (Wildman–Crippen LogP) is 2.79. The van der Waals surface area contributed by atoms with Crippen LogP contribution in [-0.4, -0.2) is 22.7 Å². The van der Waals surface area contributed by atoms with Crippen LogP contribution in [0.4, 0.5) is 0 Å². The normalized spacial score (nSPS) is 11.4. The molecule has 0 saturated heterocycles. The van der Waals surface area contributed by atoms with Crippen molar-refractivity contribution in [3.63, 3.8) is 0 Å². The second-order valence-electron chi connectivity index (χ2n) is 4.34. The zero-order valence-electron chi connectivity index (χ0n) is 11.7. The lowest BCUT2D eigenvalue weighted by Gasteiger charge is -2.03. The van der Waals surface area contributed by atoms with Gasteiger partial charge in [0.1, 0.15) is 5.57 Å². The first kappa shape index (κ1) is 14.0. The lowest BCUT2D eigenvalue weighted by molar-refractivity contribution is -0.136. The zero-order valence-corrected chi connectivity index (χ0v) is 11.7. The molecule has 20 heavy (non-hydrogen) atoms. The van der Waals surface area contributed by atoms with Gasteiger partial charge in [-0.2, -0.15) is 4.98 Å². The van der Waals surface area contributed by atoms with Crippen molar-refractivity contribution >= 4 is 17.6 Å². The van der Waals surface area contributed by atoms with Crippen LogP contribution >= 0.6 is 0 Å². The van der Waals surface area contributed by atoms with E-state index in [2.05, 4.69) is 10.1 Å². The standard InChI is InChI=1S/C15H16N2O3/c1-4-19-15(18)13(14-16-11(3)17-20-14)9-12-7-5-6-10(2)8-12/h5-9H,4H2,1-3H3/b13-9+. The molecule has 2 aromatic rings. The molecule has 0 N–H and O–H groups in total. The molecule has 1 heterocycles. The number of aromatic nitrogens is 2. The summed E-state index contributed by atoms with van der Waals surface area (Å²) in [6.07, 6.45) is 1.69. The largest absolute Gasteiger partial charge is 0.462 e. The molecule has 0 atom stereocenters. The van der Waals surface area contributed by atoms with Gasteiger partial charge < -0.3 is 9.26 Å². The average molecular weight is 272 g/mol. The third-order valence-electron chi connectivity index (χ3n) is 2.61. The summed E-state index contributed by atoms with van der Waals surface area (Å²) in [6.45, 7) is 5.72. The van der Waals surface area contributed by atoms with Crippen molar-refractivity contribution in [1.82, 2.24) is 10.1 Å². The molecule has 0 aliphatic carbocycles. The summed E-state index contributed by atoms with van der Waals surface area (Å²) >= 11 is 0. The third-order valence-corrected chi connectivity index (χ3v) is 2.61. The second-order valence-corrected chi connectivity index (χ2v) is 4.34. The summed E-state index contributed by atoms with van der Waals surface area (Å²) in [5.41, 5.74) is 2.24. The fourth-order valence-electron chi connectivity index (χ4n) is 1.75. The molecule has 0 amide bonds. The lowest BCUT2D eigenvalue weighted by atomic mass is 10.1. The summed E-state index contributed by atoms with van der Waals surface area (Å²) in [5.74, 6) is 0.166. The van der Waals surface area contributed by atoms with Gasteiger partial charge in [-0.15, -0.1) is 0 Å². The van der Waals surface area contributed by atoms with E-state index in [1.807, 2.05) is 31.2 Å². The Hall–Kier alpha value is -2.43. The molecular weight excluding hydrogens is 256 g/mol. The minimum atomic E-state index is -0.474. The van der Waals surface area contributed by atoms with Crippen molar-refractivity contribution in [1.29, 1.82) is 0 Å². The van der Waals surface area contributed by atoms with E-state index < -0.39 is 5.97 Å². The van der Waals surface area contributed by atoms with Gasteiger partial charge in [0.05, 0.1) is 6.61 Å². The predicted molar refractivity (Wildman–Crippen MR) is 74.7 cm³/mol. The van der Waals surface area contributed by atoms with Crippen molar-refractivity contribution < 1.29 is 14.1 Å². The highest BCUT2D eigenvalue weighted by Gasteiger charge is 2.19. The van der Waals surface area contributed by atoms with Crippen molar-refractivity contribution in [3.8, 4) is 0 Å². The number of rotatable bonds is 4. The maximum absolute atomic E-state index is 12.0. The monoisotopic (exact) mass is 272 g/mol. The zero-order chi connectivity index (χ0) is 14.5. The highest BCUT2D eigenvalue weighted by molar-refractivity contribution is 6.20. The van der Waals surface area contributed by atoms with Crippen LogP contribution in [0.5, 0.6) is 0 Å². The van der Waals surface area contributed by atoms with E-state index in [1.165, 1.54) is 0 Å². The molecule has 5 nitrogen and oxygen atoms in total. The molecule has 1 aromatic heterocycles. The van der Waals surface area contributed by atoms with Crippen molar-refractivity contribution in [3.05, 3.63) is 47.1 Å². The third kappa shape index (κ3) is 3.32. The molecule has 0 spiro atoms. The maximum atomic E-state index is 12.0. The number of ether oxygens (including phenoxy) is 1. The van der Waals surface area contributed by atoms with Crippen LogP contribution in [0.3, 0.4) is 0 Å². The number of hydrogen-bond acceptors (Lipinski definition) is 5. The fraction of sp³-hybridized carbons (Fsp3) is 0.267. The second kappa shape index (κ2) is 6.14. The minimum Gasteiger partial charge on any atom is -0.462 e. The van der Waals surface area contributed by atoms with E-state index in [1.54, 1.807) is 19.9 Å². The van der Waals surface area contributed by atoms with E-state index in [4.69, 9.17) is 9.26 Å². The number of nitrogens with zero attached hydrogens (tertiary/aromatic N) is 2. The quantitative estimate of drug-likeness (QED) is 0.632. The van der Waals surface area contributed by atoms with Gasteiger partial charge in [-0.3, -0.25) is 0 Å². The van der Waals surface area contributed by atoms with Crippen LogP contribution in [0.25, 0.3) is 11.6 Å². The topological polar surface area (TPSA) is 65.2 Å². The Labute approximate surface area is 117 Å². The molecule has 2 rings (SSSR count). The number of esters is 1. The van der Waals surface area contributed by atoms with Gasteiger partial charge in [0.2, 0.25) is 0 Å². The Morgan fingerprint density at radius 3 is 2.80 bits per heavy atom. The number of hydrogen-bond donors (Lipinski definition) is 0. The maximum Gasteiger partial charge on any atom is 0.343 e. The van der Waals surface area contributed by atoms with Crippen LogP contribution < -0.4 is 0 Å². The first-order chi connectivity index (χ1) is 9.60. The molecule has 0 saturated carbocycles. The molecule has 0 aliphatic heterocycles. The van der Waals surface area contributed by atoms with Crippen LogP contribution in [0.15, 0.2) is 28.8 Å². The molecule has 104 valence electrons. The van der Waals surface area contributed by atoms with Crippen molar-refractivity contribution in [2.45, 2.75) is 20.8 Å². The van der Waals surface area contributed by atoms with Gasteiger partial charge in [0.25, 0.3) is 5.89 Å². The van der Waals surface area contributed by atoms with Crippen LogP contribution in [0, 0.1) is 13.8 Å². The van der Waals surface area contributed by atoms with Gasteiger partial charge in [-0.05, 0) is 32.4 Å². The van der Waals surface area contributed by atoms with Crippen molar-refractivity contribution in [2.75, 3.05) is 6.61 Å². The first-order valence-corrected chi connectivity index (χ1v) is 6.36. The van der Waals surface area contributed by atoms with Crippen LogP contribution in [0.1, 0.15) is 29.8 Å². The number of benzene rings is 1. The van der Waals surface area contributed by atoms with E-state index in [9.17, 15) is 4.79 Å². The van der Waals surface area contributed by atoms with Crippen LogP contribution in [0.2, 0.25) is 0 Å². The summed E-state index contributed by atoms with van der Waals surface area (Å²) in [5, 5.41) is 3.70. The molecule has 0 radical (unpaired) electrons. The minimum absolute atomic E-state index is 0.169. The van der Waals surface area contributed by atoms with Gasteiger partial charge in [-0.1, -0.05) is 35.0 Å². The molecule has 0 aliphatic rings. The van der Waals surface area contributed by atoms with E-state index >= 15 is 0 Å². The fourth-order valence-corrected chi connectivity index (χ4v) is 1.75. The van der Waals surface area contributed by atoms with Gasteiger partial charge in [-0.25, -0.2) is 4.79 Å². The average Bonchev–Trinajstić information content (AvgIpc) is 2.83. The molecule has 0 bridgehead atoms. The van der Waals surface area contributed by atoms with E-state index in [-0.39, 0.29) is 18.1 Å². The SMILES string of the molecule is CCOC(=O)/C(=C/c1cccc(C)c1)c1nc(C)no1. The summed E-state index contributed by atoms with van der Waals surface area (Å²) < 4.78 is 10.1. The molecule has 5 heteroatoms. The summed E-state index contributed by atoms with van der Waals surface area (Å²) in [4.78, 5) is 16.1. The summed E-state index contributed by atoms with van der Waals surface area (Å²) in [6, 6.07) is 7.76. The Kier molecular flexibility index (Phi) is 4.30. The first-order valence-electron chi connectivity index (χ1n) is 6.36. The van der Waals surface area contributed by atoms with Crippen molar-refractivity contribution in [2.24, 2.45) is 0 Å². The lowest BCUT2D eigenvalue weighted by Crippen LogP contribution is -2.07. The Morgan fingerprint density at radius 1 is 1.40 bits per heavy atom. The number of carbonyl (C=O) groups excluding carboxylic acids is 1. The van der Waals surface area contributed by atoms with E-state index in [0.717, 1.165) is 11.1 Å². The Bertz CT molecular complexity index is 644. The molecule has 0 unspecified atom stereocenters. The number of carbonyl (C=O) groups is 1. The Morgan fingerprint density at radius 2 is 2.20 bits per heavy atom. The van der Waals surface area contributed by atoms with Crippen LogP contribution in [-0.2, 0) is 9.53 Å². The molecular formula is C15H16N2O3. The van der Waals surface area contributed by atoms with Gasteiger partial charge in [0, 0.05) is 0 Å². The van der Waals surface area contributed by atoms with Gasteiger partial charge in [0.15, 0.2) is 5.82 Å². The van der Waals surface area contributed by atoms with E-state index in [0.29, 0.717) is 5.82 Å². The van der Waals surface area contributed by atoms with Gasteiger partial charge >= 0.3 is 5.97 Å². The molecule has 1 aromatic carbocycles. The highest BCUT2D eigenvalue weighted by Crippen LogP contribution is 2.19. The number of aryl methyl sites for hydroxylation is 2.